The van der Waals surface area contributed by atoms with E-state index >= 15 is 0 Å². The number of hydrogen-bond acceptors (Lipinski definition) is 5. The molecular weight excluding hydrogens is 260 g/mol. The van der Waals surface area contributed by atoms with Crippen molar-refractivity contribution < 1.29 is 4.79 Å². The molecule has 100 valence electrons. The number of nitrogens with one attached hydrogen (secondary N) is 2. The number of anilines is 1. The summed E-state index contributed by atoms with van der Waals surface area (Å²) in [6.07, 6.45) is 2.48. The van der Waals surface area contributed by atoms with E-state index in [2.05, 4.69) is 25.5 Å². The molecule has 0 saturated carbocycles. The van der Waals surface area contributed by atoms with Crippen LogP contribution in [0.1, 0.15) is 0 Å². The average Bonchev–Trinajstić information content (AvgIpc) is 2.95. The molecule has 3 aromatic rings. The van der Waals surface area contributed by atoms with E-state index in [0.717, 1.165) is 0 Å². The number of aromatic nitrogens is 5. The minimum Gasteiger partial charge on any atom is -0.296 e. The molecule has 0 aliphatic heterocycles. The molecule has 2 heterocycles. The van der Waals surface area contributed by atoms with Gasteiger partial charge in [0.05, 0.1) is 17.2 Å². The number of amides is 1. The van der Waals surface area contributed by atoms with Gasteiger partial charge in [0, 0.05) is 0 Å². The van der Waals surface area contributed by atoms with Gasteiger partial charge in [0.2, 0.25) is 11.9 Å². The van der Waals surface area contributed by atoms with Crippen molar-refractivity contribution >= 4 is 22.9 Å². The molecule has 3 rings (SSSR count). The quantitative estimate of drug-likeness (QED) is 0.705. The SMILES string of the molecule is O=C(Cn1c(=O)cnc2ccccc21)Nc1ncn[nH]1. The molecule has 0 unspecified atom stereocenters. The van der Waals surface area contributed by atoms with Crippen molar-refractivity contribution in [2.45, 2.75) is 6.54 Å². The van der Waals surface area contributed by atoms with Gasteiger partial charge in [-0.3, -0.25) is 19.5 Å². The van der Waals surface area contributed by atoms with E-state index in [1.54, 1.807) is 18.2 Å². The highest BCUT2D eigenvalue weighted by atomic mass is 16.2. The summed E-state index contributed by atoms with van der Waals surface area (Å²) in [7, 11) is 0. The van der Waals surface area contributed by atoms with Crippen molar-refractivity contribution in [3.05, 3.63) is 47.1 Å². The first-order valence-corrected chi connectivity index (χ1v) is 5.84. The molecule has 0 radical (unpaired) electrons. The Morgan fingerprint density at radius 3 is 2.95 bits per heavy atom. The van der Waals surface area contributed by atoms with Crippen LogP contribution in [0.4, 0.5) is 5.95 Å². The van der Waals surface area contributed by atoms with Gasteiger partial charge in [0.25, 0.3) is 5.56 Å². The molecular formula is C12H10N6O2. The third-order valence-corrected chi connectivity index (χ3v) is 2.73. The Balaban J connectivity index is 1.92. The van der Waals surface area contributed by atoms with Gasteiger partial charge in [-0.15, -0.1) is 0 Å². The third kappa shape index (κ3) is 2.26. The van der Waals surface area contributed by atoms with Crippen LogP contribution < -0.4 is 10.9 Å². The van der Waals surface area contributed by atoms with Gasteiger partial charge < -0.3 is 0 Å². The molecule has 0 saturated heterocycles. The summed E-state index contributed by atoms with van der Waals surface area (Å²) in [6, 6.07) is 7.12. The average molecular weight is 270 g/mol. The van der Waals surface area contributed by atoms with E-state index < -0.39 is 0 Å². The Labute approximate surface area is 112 Å². The van der Waals surface area contributed by atoms with Crippen LogP contribution in [-0.4, -0.2) is 30.6 Å². The Morgan fingerprint density at radius 1 is 1.30 bits per heavy atom. The van der Waals surface area contributed by atoms with E-state index in [0.29, 0.717) is 11.0 Å². The summed E-state index contributed by atoms with van der Waals surface area (Å²) in [4.78, 5) is 31.6. The van der Waals surface area contributed by atoms with Crippen LogP contribution in [0, 0.1) is 0 Å². The zero-order valence-electron chi connectivity index (χ0n) is 10.3. The molecule has 1 aromatic carbocycles. The maximum atomic E-state index is 11.9. The number of rotatable bonds is 3. The molecule has 2 aromatic heterocycles. The van der Waals surface area contributed by atoms with Gasteiger partial charge >= 0.3 is 0 Å². The smallest absolute Gasteiger partial charge is 0.269 e. The van der Waals surface area contributed by atoms with Crippen LogP contribution >= 0.6 is 0 Å². The second-order valence-electron chi connectivity index (χ2n) is 4.05. The molecule has 1 amide bonds. The van der Waals surface area contributed by atoms with Crippen molar-refractivity contribution in [2.24, 2.45) is 0 Å². The third-order valence-electron chi connectivity index (χ3n) is 2.73. The molecule has 8 nitrogen and oxygen atoms in total. The minimum atomic E-state index is -0.375. The molecule has 0 spiro atoms. The number of benzene rings is 1. The van der Waals surface area contributed by atoms with Crippen LogP contribution in [0.25, 0.3) is 11.0 Å². The van der Waals surface area contributed by atoms with E-state index in [9.17, 15) is 9.59 Å². The monoisotopic (exact) mass is 270 g/mol. The lowest BCUT2D eigenvalue weighted by Gasteiger charge is -2.08. The van der Waals surface area contributed by atoms with Crippen molar-refractivity contribution in [3.63, 3.8) is 0 Å². The summed E-state index contributed by atoms with van der Waals surface area (Å²) in [5.74, 6) is -0.137. The number of H-pyrrole nitrogens is 1. The first-order chi connectivity index (χ1) is 9.74. The lowest BCUT2D eigenvalue weighted by Crippen LogP contribution is -2.28. The second kappa shape index (κ2) is 4.92. The number of nitrogens with zero attached hydrogens (tertiary/aromatic N) is 4. The predicted molar refractivity (Wildman–Crippen MR) is 71.0 cm³/mol. The fourth-order valence-electron chi connectivity index (χ4n) is 1.86. The summed E-state index contributed by atoms with van der Waals surface area (Å²) in [5.41, 5.74) is 0.920. The highest BCUT2D eigenvalue weighted by molar-refractivity contribution is 5.89. The van der Waals surface area contributed by atoms with Gasteiger partial charge in [-0.2, -0.15) is 10.1 Å². The van der Waals surface area contributed by atoms with Crippen molar-refractivity contribution in [1.29, 1.82) is 0 Å². The topological polar surface area (TPSA) is 106 Å². The molecule has 8 heteroatoms. The Hall–Kier alpha value is -3.03. The lowest BCUT2D eigenvalue weighted by molar-refractivity contribution is -0.116. The number of aromatic amines is 1. The molecule has 2 N–H and O–H groups in total. The van der Waals surface area contributed by atoms with Crippen molar-refractivity contribution in [3.8, 4) is 0 Å². The number of para-hydroxylation sites is 2. The van der Waals surface area contributed by atoms with Crippen LogP contribution in [0.2, 0.25) is 0 Å². The lowest BCUT2D eigenvalue weighted by atomic mass is 10.3. The van der Waals surface area contributed by atoms with Crippen molar-refractivity contribution in [1.82, 2.24) is 24.7 Å². The molecule has 0 fully saturated rings. The highest BCUT2D eigenvalue weighted by Gasteiger charge is 2.09. The van der Waals surface area contributed by atoms with Gasteiger partial charge in [-0.25, -0.2) is 10.1 Å². The zero-order chi connectivity index (χ0) is 13.9. The Morgan fingerprint density at radius 2 is 2.15 bits per heavy atom. The zero-order valence-corrected chi connectivity index (χ0v) is 10.3. The molecule has 0 aliphatic rings. The van der Waals surface area contributed by atoms with Gasteiger partial charge in [-0.1, -0.05) is 12.1 Å². The summed E-state index contributed by atoms with van der Waals surface area (Å²) in [6.45, 7) is -0.122. The number of hydrogen-bond donors (Lipinski definition) is 2. The fraction of sp³-hybridized carbons (Fsp3) is 0.0833. The van der Waals surface area contributed by atoms with Crippen LogP contribution in [0.5, 0.6) is 0 Å². The summed E-state index contributed by atoms with van der Waals surface area (Å²) >= 11 is 0. The largest absolute Gasteiger partial charge is 0.296 e. The normalized spacial score (nSPS) is 10.6. The van der Waals surface area contributed by atoms with Gasteiger partial charge in [-0.05, 0) is 12.1 Å². The van der Waals surface area contributed by atoms with E-state index in [4.69, 9.17) is 0 Å². The standard InChI is InChI=1S/C12H10N6O2/c19-10(16-12-14-7-15-17-12)6-18-9-4-2-1-3-8(9)13-5-11(18)20/h1-5,7H,6H2,(H2,14,15,16,17,19). The van der Waals surface area contributed by atoms with Crippen LogP contribution in [0.15, 0.2) is 41.6 Å². The highest BCUT2D eigenvalue weighted by Crippen LogP contribution is 2.08. The van der Waals surface area contributed by atoms with E-state index in [1.807, 2.05) is 6.07 Å². The maximum Gasteiger partial charge on any atom is 0.269 e. The Bertz CT molecular complexity index is 808. The molecule has 0 atom stereocenters. The van der Waals surface area contributed by atoms with E-state index in [-0.39, 0.29) is 24.0 Å². The minimum absolute atomic E-state index is 0.122. The molecule has 20 heavy (non-hydrogen) atoms. The molecule has 0 aliphatic carbocycles. The second-order valence-corrected chi connectivity index (χ2v) is 4.05. The predicted octanol–water partition coefficient (Wildman–Crippen LogP) is 0.153. The van der Waals surface area contributed by atoms with Gasteiger partial charge in [0.1, 0.15) is 12.9 Å². The number of carbonyl (C=O) groups is 1. The Kier molecular flexibility index (Phi) is 2.96. The van der Waals surface area contributed by atoms with E-state index in [1.165, 1.54) is 17.1 Å². The first-order valence-electron chi connectivity index (χ1n) is 5.84. The van der Waals surface area contributed by atoms with Crippen LogP contribution in [-0.2, 0) is 11.3 Å². The maximum absolute atomic E-state index is 11.9. The fourth-order valence-corrected chi connectivity index (χ4v) is 1.86. The number of fused-ring (bicyclic) bond motifs is 1. The van der Waals surface area contributed by atoms with Crippen LogP contribution in [0.3, 0.4) is 0 Å². The summed E-state index contributed by atoms with van der Waals surface area (Å²) in [5, 5.41) is 8.65. The number of carbonyl (C=O) groups excluding carboxylic acids is 1. The van der Waals surface area contributed by atoms with Crippen molar-refractivity contribution in [2.75, 3.05) is 5.32 Å². The van der Waals surface area contributed by atoms with Gasteiger partial charge in [0.15, 0.2) is 0 Å². The molecule has 0 bridgehead atoms. The first kappa shape index (κ1) is 12.0. The summed E-state index contributed by atoms with van der Waals surface area (Å²) < 4.78 is 1.36.